The van der Waals surface area contributed by atoms with Crippen LogP contribution in [0.4, 0.5) is 0 Å². The van der Waals surface area contributed by atoms with Crippen LogP contribution in [0.15, 0.2) is 71.6 Å². The lowest BCUT2D eigenvalue weighted by Gasteiger charge is -2.44. The predicted molar refractivity (Wildman–Crippen MR) is 133 cm³/mol. The van der Waals surface area contributed by atoms with Gasteiger partial charge in [-0.15, -0.1) is 0 Å². The summed E-state index contributed by atoms with van der Waals surface area (Å²) in [6.07, 6.45) is 3.76. The highest BCUT2D eigenvalue weighted by Gasteiger charge is 2.81. The number of hydrogen-bond donors (Lipinski definition) is 0. The topological polar surface area (TPSA) is 96.0 Å². The zero-order valence-electron chi connectivity index (χ0n) is 20.6. The fourth-order valence-electron chi connectivity index (χ4n) is 5.42. The van der Waals surface area contributed by atoms with E-state index in [1.54, 1.807) is 62.4 Å². The second-order valence-corrected chi connectivity index (χ2v) is 10.6. The Morgan fingerprint density at radius 2 is 1.42 bits per heavy atom. The van der Waals surface area contributed by atoms with Crippen molar-refractivity contribution in [2.24, 2.45) is 17.3 Å². The third-order valence-electron chi connectivity index (χ3n) is 6.99. The van der Waals surface area contributed by atoms with Gasteiger partial charge in [-0.05, 0) is 44.9 Å². The highest BCUT2D eigenvalue weighted by molar-refractivity contribution is 7.87. The van der Waals surface area contributed by atoms with Crippen LogP contribution in [0.25, 0.3) is 0 Å². The Morgan fingerprint density at radius 1 is 0.833 bits per heavy atom. The lowest BCUT2D eigenvalue weighted by molar-refractivity contribution is -0.183. The highest BCUT2D eigenvalue weighted by atomic mass is 32.2. The maximum atomic E-state index is 14.5. The Balaban J connectivity index is 1.93. The molecule has 1 fully saturated rings. The first-order valence-electron chi connectivity index (χ1n) is 12.1. The maximum absolute atomic E-state index is 14.5. The average Bonchev–Trinajstić information content (AvgIpc) is 3.48. The van der Waals surface area contributed by atoms with E-state index >= 15 is 0 Å². The van der Waals surface area contributed by atoms with Crippen molar-refractivity contribution in [2.75, 3.05) is 13.2 Å². The molecule has 0 amide bonds. The highest BCUT2D eigenvalue weighted by Crippen LogP contribution is 2.63. The molecule has 1 unspecified atom stereocenters. The number of rotatable bonds is 9. The molecule has 2 aliphatic rings. The third-order valence-corrected chi connectivity index (χ3v) is 9.06. The number of carbonyl (C=O) groups excluding carboxylic acids is 3. The summed E-state index contributed by atoms with van der Waals surface area (Å²) in [5.41, 5.74) is -0.493. The Kier molecular flexibility index (Phi) is 7.45. The van der Waals surface area contributed by atoms with Gasteiger partial charge >= 0.3 is 17.9 Å². The summed E-state index contributed by atoms with van der Waals surface area (Å²) >= 11 is 0. The standard InChI is InChI=1S/C28H30O7S/c1-4-33-24(29)27(25(30)34-5-2)21-13-14-22(17-21)28(27,36(32)23-15-11-19(3)12-16-23)26(31)35-18-20-9-7-6-8-10-20/h6-16,21-22H,4-5,17-18H2,1-3H3/t21-,22+,28-,36?/m1/s1. The van der Waals surface area contributed by atoms with Crippen LogP contribution in [0.2, 0.25) is 0 Å². The van der Waals surface area contributed by atoms with E-state index in [0.717, 1.165) is 11.1 Å². The van der Waals surface area contributed by atoms with Crippen molar-refractivity contribution in [1.82, 2.24) is 0 Å². The zero-order valence-corrected chi connectivity index (χ0v) is 21.4. The van der Waals surface area contributed by atoms with E-state index in [1.165, 1.54) is 0 Å². The quantitative estimate of drug-likeness (QED) is 0.218. The third kappa shape index (κ3) is 3.88. The van der Waals surface area contributed by atoms with Crippen LogP contribution in [0.1, 0.15) is 31.4 Å². The van der Waals surface area contributed by atoms with E-state index in [9.17, 15) is 18.6 Å². The number of ether oxygens (including phenoxy) is 3. The van der Waals surface area contributed by atoms with Crippen LogP contribution in [0.3, 0.4) is 0 Å². The van der Waals surface area contributed by atoms with Gasteiger partial charge < -0.3 is 14.2 Å². The van der Waals surface area contributed by atoms with Gasteiger partial charge in [0, 0.05) is 16.7 Å². The Hall–Kier alpha value is -3.26. The molecule has 0 radical (unpaired) electrons. The van der Waals surface area contributed by atoms with E-state index in [4.69, 9.17) is 14.2 Å². The second-order valence-electron chi connectivity index (χ2n) is 8.96. The van der Waals surface area contributed by atoms with E-state index in [1.807, 2.05) is 25.1 Å². The molecule has 190 valence electrons. The molecular weight excluding hydrogens is 480 g/mol. The lowest BCUT2D eigenvalue weighted by atomic mass is 9.67. The molecule has 0 aromatic heterocycles. The van der Waals surface area contributed by atoms with Gasteiger partial charge in [-0.2, -0.15) is 0 Å². The molecule has 7 nitrogen and oxygen atoms in total. The SMILES string of the molecule is CCOC(=O)C1(C(=O)OCC)[C@@H]2C=C[C@@H](C2)[C@]1(C(=O)OCc1ccccc1)S(=O)c1ccc(C)cc1. The summed E-state index contributed by atoms with van der Waals surface area (Å²) < 4.78 is 29.0. The molecule has 4 atom stereocenters. The molecule has 36 heavy (non-hydrogen) atoms. The van der Waals surface area contributed by atoms with Crippen molar-refractivity contribution < 1.29 is 32.8 Å². The van der Waals surface area contributed by atoms with Crippen molar-refractivity contribution >= 4 is 28.7 Å². The first-order valence-corrected chi connectivity index (χ1v) is 13.2. The largest absolute Gasteiger partial charge is 0.465 e. The summed E-state index contributed by atoms with van der Waals surface area (Å²) in [5.74, 6) is -4.14. The summed E-state index contributed by atoms with van der Waals surface area (Å²) in [6, 6.07) is 15.9. The van der Waals surface area contributed by atoms with Gasteiger partial charge in [-0.1, -0.05) is 60.2 Å². The molecule has 0 heterocycles. The molecule has 1 saturated carbocycles. The number of fused-ring (bicyclic) bond motifs is 2. The summed E-state index contributed by atoms with van der Waals surface area (Å²) in [7, 11) is -2.16. The molecule has 2 aromatic rings. The molecule has 0 saturated heterocycles. The molecule has 2 aliphatic carbocycles. The van der Waals surface area contributed by atoms with Crippen molar-refractivity contribution in [3.05, 3.63) is 77.9 Å². The first-order chi connectivity index (χ1) is 17.3. The minimum absolute atomic E-state index is 0.0204. The normalized spacial score (nSPS) is 24.2. The molecule has 0 N–H and O–H groups in total. The number of allylic oxidation sites excluding steroid dienone is 2. The fourth-order valence-corrected chi connectivity index (χ4v) is 7.44. The van der Waals surface area contributed by atoms with Crippen molar-refractivity contribution in [2.45, 2.75) is 43.4 Å². The summed E-state index contributed by atoms with van der Waals surface area (Å²) in [4.78, 5) is 42.0. The van der Waals surface area contributed by atoms with Crippen LogP contribution in [-0.2, 0) is 46.0 Å². The Labute approximate surface area is 213 Å². The number of benzene rings is 2. The molecule has 0 spiro atoms. The molecule has 8 heteroatoms. The van der Waals surface area contributed by atoms with Gasteiger partial charge in [0.25, 0.3) is 0 Å². The van der Waals surface area contributed by atoms with Gasteiger partial charge in [-0.3, -0.25) is 18.6 Å². The van der Waals surface area contributed by atoms with Crippen LogP contribution in [0, 0.1) is 24.2 Å². The van der Waals surface area contributed by atoms with Crippen LogP contribution >= 0.6 is 0 Å². The van der Waals surface area contributed by atoms with Crippen LogP contribution in [0.5, 0.6) is 0 Å². The second kappa shape index (κ2) is 10.4. The van der Waals surface area contributed by atoms with Crippen molar-refractivity contribution in [3.63, 3.8) is 0 Å². The molecular formula is C28H30O7S. The van der Waals surface area contributed by atoms with Gasteiger partial charge in [0.05, 0.1) is 24.0 Å². The van der Waals surface area contributed by atoms with Gasteiger partial charge in [0.15, 0.2) is 10.2 Å². The Bertz CT molecular complexity index is 1170. The van der Waals surface area contributed by atoms with E-state index < -0.39 is 50.7 Å². The van der Waals surface area contributed by atoms with Crippen LogP contribution < -0.4 is 0 Å². The van der Waals surface area contributed by atoms with Gasteiger partial charge in [0.2, 0.25) is 0 Å². The first kappa shape index (κ1) is 25.8. The minimum Gasteiger partial charge on any atom is -0.465 e. The molecule has 4 rings (SSSR count). The lowest BCUT2D eigenvalue weighted by Crippen LogP contribution is -2.67. The molecule has 2 aromatic carbocycles. The van der Waals surface area contributed by atoms with Crippen LogP contribution in [-0.4, -0.2) is 40.1 Å². The smallest absolute Gasteiger partial charge is 0.328 e. The Morgan fingerprint density at radius 3 is 2.00 bits per heavy atom. The monoisotopic (exact) mass is 510 g/mol. The summed E-state index contributed by atoms with van der Waals surface area (Å²) in [6.45, 7) is 4.98. The van der Waals surface area contributed by atoms with E-state index in [0.29, 0.717) is 4.90 Å². The number of aryl methyl sites for hydroxylation is 1. The predicted octanol–water partition coefficient (Wildman–Crippen LogP) is 3.90. The number of esters is 3. The number of carbonyl (C=O) groups is 3. The molecule has 0 aliphatic heterocycles. The zero-order chi connectivity index (χ0) is 25.9. The minimum atomic E-state index is -2.16. The van der Waals surface area contributed by atoms with Gasteiger partial charge in [-0.25, -0.2) is 0 Å². The molecule has 2 bridgehead atoms. The summed E-state index contributed by atoms with van der Waals surface area (Å²) in [5, 5.41) is 0. The fraction of sp³-hybridized carbons (Fsp3) is 0.393. The van der Waals surface area contributed by atoms with E-state index in [-0.39, 0.29) is 26.2 Å². The van der Waals surface area contributed by atoms with Crippen molar-refractivity contribution in [3.8, 4) is 0 Å². The van der Waals surface area contributed by atoms with E-state index in [2.05, 4.69) is 0 Å². The van der Waals surface area contributed by atoms with Gasteiger partial charge in [0.1, 0.15) is 6.61 Å². The number of hydrogen-bond acceptors (Lipinski definition) is 7. The maximum Gasteiger partial charge on any atom is 0.328 e. The average molecular weight is 511 g/mol. The van der Waals surface area contributed by atoms with Crippen molar-refractivity contribution in [1.29, 1.82) is 0 Å².